The second kappa shape index (κ2) is 7.73. The summed E-state index contributed by atoms with van der Waals surface area (Å²) in [5, 5.41) is 20.7. The number of hydrogen-bond donors (Lipinski definition) is 2. The van der Waals surface area contributed by atoms with Crippen molar-refractivity contribution in [3.8, 4) is 0 Å². The predicted octanol–water partition coefficient (Wildman–Crippen LogP) is 0.773. The molecule has 0 saturated carbocycles. The molecule has 0 radical (unpaired) electrons. The number of aliphatic hydroxyl groups is 2. The molecule has 0 spiro atoms. The minimum absolute atomic E-state index is 0.202. The Hall–Kier alpha value is -0.620. The van der Waals surface area contributed by atoms with Crippen LogP contribution in [0, 0.1) is 0 Å². The van der Waals surface area contributed by atoms with E-state index in [-0.39, 0.29) is 6.42 Å². The fourth-order valence-electron chi connectivity index (χ4n) is 2.48. The highest BCUT2D eigenvalue weighted by atomic mass is 32.2. The van der Waals surface area contributed by atoms with Crippen LogP contribution in [0.3, 0.4) is 0 Å². The van der Waals surface area contributed by atoms with Crippen molar-refractivity contribution in [2.24, 2.45) is 4.99 Å². The van der Waals surface area contributed by atoms with Gasteiger partial charge in [0.1, 0.15) is 29.8 Å². The Morgan fingerprint density at radius 3 is 2.54 bits per heavy atom. The van der Waals surface area contributed by atoms with Crippen LogP contribution in [0.15, 0.2) is 4.99 Å². The molecule has 24 heavy (non-hydrogen) atoms. The van der Waals surface area contributed by atoms with Crippen molar-refractivity contribution in [3.63, 3.8) is 0 Å². The third-order valence-electron chi connectivity index (χ3n) is 3.67. The largest absolute Gasteiger partial charge is 0.417 e. The molecule has 0 aromatic carbocycles. The number of ether oxygens (including phenoxy) is 2. The minimum Gasteiger partial charge on any atom is -0.388 e. The van der Waals surface area contributed by atoms with Crippen LogP contribution in [-0.4, -0.2) is 89.7 Å². The normalized spacial score (nSPS) is 34.7. The van der Waals surface area contributed by atoms with E-state index in [0.29, 0.717) is 5.17 Å². The Morgan fingerprint density at radius 2 is 2.00 bits per heavy atom. The number of thioether (sulfide) groups is 1. The van der Waals surface area contributed by atoms with Crippen LogP contribution < -0.4 is 0 Å². The smallest absolute Gasteiger partial charge is 0.388 e. The summed E-state index contributed by atoms with van der Waals surface area (Å²) in [6.07, 6.45) is -12.7. The lowest BCUT2D eigenvalue weighted by atomic mass is 9.94. The van der Waals surface area contributed by atoms with Crippen molar-refractivity contribution in [2.75, 3.05) is 27.4 Å². The molecular weight excluding hydrogens is 356 g/mol. The molecule has 11 heteroatoms. The number of fused-ring (bicyclic) bond motifs is 1. The van der Waals surface area contributed by atoms with Gasteiger partial charge in [-0.2, -0.15) is 13.2 Å². The summed E-state index contributed by atoms with van der Waals surface area (Å²) in [7, 11) is 3.39. The molecule has 0 bridgehead atoms. The van der Waals surface area contributed by atoms with Gasteiger partial charge >= 0.3 is 6.18 Å². The van der Waals surface area contributed by atoms with Gasteiger partial charge in [0, 0.05) is 14.1 Å². The Balaban J connectivity index is 2.15. The summed E-state index contributed by atoms with van der Waals surface area (Å²) in [6.45, 7) is -1.29. The summed E-state index contributed by atoms with van der Waals surface area (Å²) in [4.78, 5) is 5.81. The molecule has 2 N–H and O–H groups in total. The average Bonchev–Trinajstić information content (AvgIpc) is 2.91. The van der Waals surface area contributed by atoms with Gasteiger partial charge in [-0.3, -0.25) is 9.38 Å². The third-order valence-corrected chi connectivity index (χ3v) is 4.97. The summed E-state index contributed by atoms with van der Waals surface area (Å²) in [5.41, 5.74) is -0.861. The van der Waals surface area contributed by atoms with Gasteiger partial charge < -0.3 is 24.6 Å². The standard InChI is InChI=1S/C13H20F4N2O4S/c1-19(2)12-18-6-7(20)8(21)9(23-11(6)24-12)10(13(15,16)17)22-5-3-4-14/h6-11,20-21H,3-5H2,1-2H3/t6-,7-,8+,9?,10-,11-/m1/s1. The number of halogens is 4. The number of rotatable bonds is 5. The molecule has 0 aliphatic carbocycles. The highest BCUT2D eigenvalue weighted by Crippen LogP contribution is 2.40. The van der Waals surface area contributed by atoms with Gasteiger partial charge in [-0.25, -0.2) is 0 Å². The van der Waals surface area contributed by atoms with Gasteiger partial charge in [0.05, 0.1) is 13.3 Å². The number of amidine groups is 1. The van der Waals surface area contributed by atoms with Gasteiger partial charge in [-0.15, -0.1) is 0 Å². The third kappa shape index (κ3) is 4.13. The van der Waals surface area contributed by atoms with E-state index in [1.54, 1.807) is 19.0 Å². The van der Waals surface area contributed by atoms with Crippen LogP contribution in [-0.2, 0) is 9.47 Å². The van der Waals surface area contributed by atoms with Crippen LogP contribution in [0.25, 0.3) is 0 Å². The zero-order valence-corrected chi connectivity index (χ0v) is 13.9. The molecule has 0 aromatic rings. The summed E-state index contributed by atoms with van der Waals surface area (Å²) in [6, 6.07) is -0.863. The van der Waals surface area contributed by atoms with Crippen LogP contribution in [0.4, 0.5) is 17.6 Å². The molecule has 0 aromatic heterocycles. The molecule has 0 amide bonds. The number of aliphatic hydroxyl groups excluding tert-OH is 2. The monoisotopic (exact) mass is 376 g/mol. The van der Waals surface area contributed by atoms with E-state index >= 15 is 0 Å². The SMILES string of the molecule is CN(C)C1=N[C@@H]2[C@@H](O)[C@H](O)C([C@@H](OCCCF)C(F)(F)F)O[C@@H]2S1. The van der Waals surface area contributed by atoms with Gasteiger partial charge in [0.2, 0.25) is 0 Å². The first-order valence-electron chi connectivity index (χ1n) is 7.34. The number of aliphatic imine (C=N–C) groups is 1. The van der Waals surface area contributed by atoms with E-state index in [1.165, 1.54) is 0 Å². The van der Waals surface area contributed by atoms with Crippen molar-refractivity contribution in [2.45, 2.75) is 48.5 Å². The first-order chi connectivity index (χ1) is 11.2. The number of hydrogen-bond acceptors (Lipinski definition) is 7. The van der Waals surface area contributed by atoms with Gasteiger partial charge in [0.15, 0.2) is 11.3 Å². The maximum Gasteiger partial charge on any atom is 0.417 e. The quantitative estimate of drug-likeness (QED) is 0.546. The Bertz CT molecular complexity index is 466. The first kappa shape index (κ1) is 19.7. The van der Waals surface area contributed by atoms with Crippen molar-refractivity contribution in [3.05, 3.63) is 0 Å². The minimum atomic E-state index is -4.83. The number of alkyl halides is 4. The molecule has 6 atom stereocenters. The van der Waals surface area contributed by atoms with Gasteiger partial charge in [0.25, 0.3) is 0 Å². The van der Waals surface area contributed by atoms with E-state index in [1.807, 2.05) is 0 Å². The van der Waals surface area contributed by atoms with Crippen molar-refractivity contribution in [1.82, 2.24) is 4.90 Å². The summed E-state index contributed by atoms with van der Waals surface area (Å²) in [5.74, 6) is 0. The fourth-order valence-corrected chi connectivity index (χ4v) is 3.63. The van der Waals surface area contributed by atoms with Crippen LogP contribution in [0.5, 0.6) is 0 Å². The molecule has 2 aliphatic heterocycles. The maximum atomic E-state index is 13.2. The maximum absolute atomic E-state index is 13.2. The van der Waals surface area contributed by atoms with Crippen molar-refractivity contribution < 1.29 is 37.2 Å². The van der Waals surface area contributed by atoms with Crippen LogP contribution in [0.2, 0.25) is 0 Å². The lowest BCUT2D eigenvalue weighted by molar-refractivity contribution is -0.284. The molecule has 6 nitrogen and oxygen atoms in total. The van der Waals surface area contributed by atoms with E-state index in [2.05, 4.69) is 4.99 Å². The molecule has 1 unspecified atom stereocenters. The highest BCUT2D eigenvalue weighted by Gasteiger charge is 2.57. The number of nitrogens with zero attached hydrogens (tertiary/aromatic N) is 2. The fraction of sp³-hybridized carbons (Fsp3) is 0.923. The average molecular weight is 376 g/mol. The molecular formula is C13H20F4N2O4S. The van der Waals surface area contributed by atoms with Crippen molar-refractivity contribution in [1.29, 1.82) is 0 Å². The molecule has 140 valence electrons. The lowest BCUT2D eigenvalue weighted by Gasteiger charge is -2.41. The first-order valence-corrected chi connectivity index (χ1v) is 8.22. The predicted molar refractivity (Wildman–Crippen MR) is 79.6 cm³/mol. The van der Waals surface area contributed by atoms with Crippen molar-refractivity contribution >= 4 is 16.9 Å². The molecule has 2 rings (SSSR count). The van der Waals surface area contributed by atoms with E-state index < -0.39 is 55.4 Å². The molecule has 2 heterocycles. The zero-order valence-electron chi connectivity index (χ0n) is 13.1. The van der Waals surface area contributed by atoms with Gasteiger partial charge in [-0.1, -0.05) is 11.8 Å². The highest BCUT2D eigenvalue weighted by molar-refractivity contribution is 8.14. The molecule has 1 fully saturated rings. The molecule has 2 aliphatic rings. The van der Waals surface area contributed by atoms with E-state index in [4.69, 9.17) is 9.47 Å². The second-order valence-corrected chi connectivity index (χ2v) is 6.81. The van der Waals surface area contributed by atoms with Gasteiger partial charge in [-0.05, 0) is 6.42 Å². The van der Waals surface area contributed by atoms with Crippen LogP contribution >= 0.6 is 11.8 Å². The summed E-state index contributed by atoms with van der Waals surface area (Å²) < 4.78 is 61.9. The Morgan fingerprint density at radius 1 is 1.33 bits per heavy atom. The Labute approximate surface area is 140 Å². The lowest BCUT2D eigenvalue weighted by Crippen LogP contribution is -2.61. The topological polar surface area (TPSA) is 74.5 Å². The summed E-state index contributed by atoms with van der Waals surface area (Å²) >= 11 is 1.07. The van der Waals surface area contributed by atoms with E-state index in [0.717, 1.165) is 11.8 Å². The molecule has 1 saturated heterocycles. The second-order valence-electron chi connectivity index (χ2n) is 5.74. The van der Waals surface area contributed by atoms with E-state index in [9.17, 15) is 27.8 Å². The zero-order chi connectivity index (χ0) is 18.1. The van der Waals surface area contributed by atoms with Crippen LogP contribution in [0.1, 0.15) is 6.42 Å². The Kier molecular flexibility index (Phi) is 6.35.